The number of rotatable bonds is 7. The molecule has 1 rings (SSSR count). The zero-order valence-corrected chi connectivity index (χ0v) is 11.7. The quantitative estimate of drug-likeness (QED) is 0.775. The molecule has 5 nitrogen and oxygen atoms in total. The van der Waals surface area contributed by atoms with Gasteiger partial charge in [0.05, 0.1) is 20.6 Å². The molecule has 19 heavy (non-hydrogen) atoms. The Morgan fingerprint density at radius 1 is 1.37 bits per heavy atom. The van der Waals surface area contributed by atoms with Gasteiger partial charge in [-0.3, -0.25) is 4.79 Å². The molecule has 0 aromatic heterocycles. The molecule has 5 heteroatoms. The van der Waals surface area contributed by atoms with Gasteiger partial charge in [0.15, 0.2) is 0 Å². The van der Waals surface area contributed by atoms with Crippen molar-refractivity contribution < 1.29 is 14.3 Å². The van der Waals surface area contributed by atoms with Crippen molar-refractivity contribution in [3.63, 3.8) is 0 Å². The van der Waals surface area contributed by atoms with Crippen LogP contribution >= 0.6 is 0 Å². The van der Waals surface area contributed by atoms with Gasteiger partial charge in [0.25, 0.3) is 0 Å². The van der Waals surface area contributed by atoms with Crippen LogP contribution in [0.5, 0.6) is 11.5 Å². The fourth-order valence-electron chi connectivity index (χ4n) is 1.69. The van der Waals surface area contributed by atoms with E-state index < -0.39 is 0 Å². The average Bonchev–Trinajstić information content (AvgIpc) is 2.38. The molecule has 0 heterocycles. The molecule has 0 fully saturated rings. The van der Waals surface area contributed by atoms with E-state index in [4.69, 9.17) is 15.2 Å². The highest BCUT2D eigenvalue weighted by Crippen LogP contribution is 2.24. The van der Waals surface area contributed by atoms with E-state index in [2.05, 4.69) is 5.32 Å². The molecular weight excluding hydrogens is 244 g/mol. The van der Waals surface area contributed by atoms with E-state index in [0.29, 0.717) is 18.0 Å². The van der Waals surface area contributed by atoms with Crippen molar-refractivity contribution in [2.75, 3.05) is 20.8 Å². The van der Waals surface area contributed by atoms with Crippen LogP contribution in [0.4, 0.5) is 0 Å². The number of nitrogens with two attached hydrogens (primary N) is 1. The van der Waals surface area contributed by atoms with Gasteiger partial charge in [-0.25, -0.2) is 0 Å². The summed E-state index contributed by atoms with van der Waals surface area (Å²) in [6.07, 6.45) is 1.03. The highest BCUT2D eigenvalue weighted by atomic mass is 16.5. The van der Waals surface area contributed by atoms with Crippen LogP contribution in [0.2, 0.25) is 0 Å². The minimum Gasteiger partial charge on any atom is -0.497 e. The van der Waals surface area contributed by atoms with E-state index in [9.17, 15) is 4.79 Å². The number of methoxy groups -OCH3 is 2. The molecule has 1 aromatic rings. The minimum atomic E-state index is -0.0489. The smallest absolute Gasteiger partial charge is 0.224 e. The van der Waals surface area contributed by atoms with E-state index >= 15 is 0 Å². The Kier molecular flexibility index (Phi) is 6.15. The lowest BCUT2D eigenvalue weighted by atomic mass is 10.1. The first-order valence-corrected chi connectivity index (χ1v) is 6.30. The second kappa shape index (κ2) is 7.63. The number of hydrogen-bond donors (Lipinski definition) is 2. The summed E-state index contributed by atoms with van der Waals surface area (Å²) >= 11 is 0. The topological polar surface area (TPSA) is 73.6 Å². The maximum atomic E-state index is 11.8. The van der Waals surface area contributed by atoms with E-state index in [0.717, 1.165) is 12.0 Å². The standard InChI is InChI=1S/C14H22N2O3/c1-10(15)6-7-16-14(17)9-11-8-12(18-2)4-5-13(11)19-3/h4-5,8,10H,6-7,9,15H2,1-3H3,(H,16,17). The molecule has 1 atom stereocenters. The van der Waals surface area contributed by atoms with Crippen molar-refractivity contribution in [3.8, 4) is 11.5 Å². The van der Waals surface area contributed by atoms with Crippen LogP contribution < -0.4 is 20.5 Å². The third kappa shape index (κ3) is 5.18. The van der Waals surface area contributed by atoms with Crippen LogP contribution in [-0.4, -0.2) is 32.7 Å². The molecule has 0 radical (unpaired) electrons. The number of hydrogen-bond acceptors (Lipinski definition) is 4. The molecule has 0 aliphatic heterocycles. The summed E-state index contributed by atoms with van der Waals surface area (Å²) in [7, 11) is 3.17. The molecule has 0 saturated heterocycles. The molecule has 106 valence electrons. The molecule has 0 bridgehead atoms. The Morgan fingerprint density at radius 3 is 2.68 bits per heavy atom. The predicted molar refractivity (Wildman–Crippen MR) is 74.5 cm³/mol. The zero-order valence-electron chi connectivity index (χ0n) is 11.7. The summed E-state index contributed by atoms with van der Waals surface area (Å²) < 4.78 is 10.4. The van der Waals surface area contributed by atoms with E-state index in [1.807, 2.05) is 13.0 Å². The normalized spacial score (nSPS) is 11.8. The van der Waals surface area contributed by atoms with Crippen molar-refractivity contribution >= 4 is 5.91 Å². The summed E-state index contributed by atoms with van der Waals surface area (Å²) in [6, 6.07) is 5.50. The van der Waals surface area contributed by atoms with Gasteiger partial charge >= 0.3 is 0 Å². The van der Waals surface area contributed by atoms with Crippen LogP contribution in [0.3, 0.4) is 0 Å². The zero-order chi connectivity index (χ0) is 14.3. The molecular formula is C14H22N2O3. The first kappa shape index (κ1) is 15.3. The van der Waals surface area contributed by atoms with Crippen molar-refractivity contribution in [3.05, 3.63) is 23.8 Å². The van der Waals surface area contributed by atoms with Crippen LogP contribution in [0, 0.1) is 0 Å². The second-order valence-electron chi connectivity index (χ2n) is 4.47. The number of nitrogens with one attached hydrogen (secondary N) is 1. The molecule has 3 N–H and O–H groups in total. The number of carbonyl (C=O) groups excluding carboxylic acids is 1. The Morgan fingerprint density at radius 2 is 2.11 bits per heavy atom. The van der Waals surface area contributed by atoms with Crippen LogP contribution in [-0.2, 0) is 11.2 Å². The highest BCUT2D eigenvalue weighted by Gasteiger charge is 2.10. The van der Waals surface area contributed by atoms with Crippen molar-refractivity contribution in [1.29, 1.82) is 0 Å². The maximum absolute atomic E-state index is 11.8. The first-order valence-electron chi connectivity index (χ1n) is 6.30. The fraction of sp³-hybridized carbons (Fsp3) is 0.500. The van der Waals surface area contributed by atoms with E-state index in [1.165, 1.54) is 0 Å². The maximum Gasteiger partial charge on any atom is 0.224 e. The summed E-state index contributed by atoms with van der Waals surface area (Å²) in [6.45, 7) is 2.50. The molecule has 0 spiro atoms. The van der Waals surface area contributed by atoms with Gasteiger partial charge in [0.1, 0.15) is 11.5 Å². The average molecular weight is 266 g/mol. The lowest BCUT2D eigenvalue weighted by Gasteiger charge is -2.11. The summed E-state index contributed by atoms with van der Waals surface area (Å²) in [5.74, 6) is 1.34. The van der Waals surface area contributed by atoms with E-state index in [1.54, 1.807) is 26.4 Å². The third-order valence-electron chi connectivity index (χ3n) is 2.76. The molecule has 1 unspecified atom stereocenters. The first-order chi connectivity index (χ1) is 9.06. The van der Waals surface area contributed by atoms with Crippen molar-refractivity contribution in [2.45, 2.75) is 25.8 Å². The van der Waals surface area contributed by atoms with Gasteiger partial charge in [0.2, 0.25) is 5.91 Å². The number of ether oxygens (including phenoxy) is 2. The Balaban J connectivity index is 2.61. The van der Waals surface area contributed by atoms with Crippen LogP contribution in [0.15, 0.2) is 18.2 Å². The summed E-state index contributed by atoms with van der Waals surface area (Å²) in [5, 5.41) is 2.84. The monoisotopic (exact) mass is 266 g/mol. The van der Waals surface area contributed by atoms with Crippen molar-refractivity contribution in [2.24, 2.45) is 5.73 Å². The molecule has 0 aliphatic carbocycles. The SMILES string of the molecule is COc1ccc(OC)c(CC(=O)NCCC(C)N)c1. The second-order valence-corrected chi connectivity index (χ2v) is 4.47. The fourth-order valence-corrected chi connectivity index (χ4v) is 1.69. The number of amides is 1. The highest BCUT2D eigenvalue weighted by molar-refractivity contribution is 5.79. The third-order valence-corrected chi connectivity index (χ3v) is 2.76. The summed E-state index contributed by atoms with van der Waals surface area (Å²) in [5.41, 5.74) is 6.43. The van der Waals surface area contributed by atoms with Crippen LogP contribution in [0.25, 0.3) is 0 Å². The van der Waals surface area contributed by atoms with Crippen molar-refractivity contribution in [1.82, 2.24) is 5.32 Å². The van der Waals surface area contributed by atoms with Gasteiger partial charge in [0, 0.05) is 18.2 Å². The molecule has 1 aromatic carbocycles. The lowest BCUT2D eigenvalue weighted by molar-refractivity contribution is -0.120. The summed E-state index contributed by atoms with van der Waals surface area (Å²) in [4.78, 5) is 11.8. The van der Waals surface area contributed by atoms with Gasteiger partial charge in [-0.15, -0.1) is 0 Å². The largest absolute Gasteiger partial charge is 0.497 e. The molecule has 0 aliphatic rings. The minimum absolute atomic E-state index is 0.0489. The van der Waals surface area contributed by atoms with Gasteiger partial charge in [-0.05, 0) is 31.5 Å². The molecule has 0 saturated carbocycles. The lowest BCUT2D eigenvalue weighted by Crippen LogP contribution is -2.30. The Bertz CT molecular complexity index is 419. The number of carbonyl (C=O) groups is 1. The number of benzene rings is 1. The molecule has 1 amide bonds. The predicted octanol–water partition coefficient (Wildman–Crippen LogP) is 1.10. The van der Waals surface area contributed by atoms with E-state index in [-0.39, 0.29) is 18.4 Å². The van der Waals surface area contributed by atoms with Crippen LogP contribution in [0.1, 0.15) is 18.9 Å². The Labute approximate surface area is 114 Å². The van der Waals surface area contributed by atoms with Gasteiger partial charge < -0.3 is 20.5 Å². The van der Waals surface area contributed by atoms with Gasteiger partial charge in [-0.2, -0.15) is 0 Å². The van der Waals surface area contributed by atoms with Gasteiger partial charge in [-0.1, -0.05) is 0 Å². The Hall–Kier alpha value is -1.75.